The Balaban J connectivity index is 2.07. The molecule has 0 spiro atoms. The molecule has 1 aromatic heterocycles. The zero-order valence-electron chi connectivity index (χ0n) is 11.0. The quantitative estimate of drug-likeness (QED) is 0.857. The molecule has 1 aromatic carbocycles. The minimum absolute atomic E-state index is 0.245. The molecule has 2 N–H and O–H groups in total. The van der Waals surface area contributed by atoms with E-state index in [1.807, 2.05) is 31.2 Å². The van der Waals surface area contributed by atoms with Crippen LogP contribution >= 0.6 is 0 Å². The van der Waals surface area contributed by atoms with E-state index in [1.54, 1.807) is 13.0 Å². The number of aryl methyl sites for hydroxylation is 2. The van der Waals surface area contributed by atoms with Crippen molar-refractivity contribution in [3.05, 3.63) is 58.9 Å². The molecule has 98 valence electrons. The van der Waals surface area contributed by atoms with Crippen LogP contribution in [0.2, 0.25) is 0 Å². The summed E-state index contributed by atoms with van der Waals surface area (Å²) < 4.78 is 5.27. The molecule has 0 fully saturated rings. The second-order valence-corrected chi connectivity index (χ2v) is 4.47. The number of nitrogens with two attached hydrogens (primary N) is 1. The maximum Gasteiger partial charge on any atom is 0.340 e. The van der Waals surface area contributed by atoms with Crippen molar-refractivity contribution in [2.45, 2.75) is 20.5 Å². The Labute approximate surface area is 112 Å². The number of hydrogen-bond donors (Lipinski definition) is 1. The Kier molecular flexibility index (Phi) is 3.80. The van der Waals surface area contributed by atoms with E-state index in [4.69, 9.17) is 10.5 Å². The second kappa shape index (κ2) is 5.52. The van der Waals surface area contributed by atoms with Gasteiger partial charge in [0.05, 0.1) is 23.1 Å². The molecule has 0 amide bonds. The lowest BCUT2D eigenvalue weighted by atomic mass is 10.1. The predicted molar refractivity (Wildman–Crippen MR) is 73.7 cm³/mol. The van der Waals surface area contributed by atoms with Gasteiger partial charge < -0.3 is 10.5 Å². The number of nitrogens with zero attached hydrogens (tertiary/aromatic N) is 1. The number of esters is 1. The van der Waals surface area contributed by atoms with Gasteiger partial charge in [-0.1, -0.05) is 29.8 Å². The lowest BCUT2D eigenvalue weighted by Gasteiger charge is -2.08. The van der Waals surface area contributed by atoms with Crippen molar-refractivity contribution >= 4 is 11.7 Å². The standard InChI is InChI=1S/C15H16N2O2/c1-10-4-3-5-12(6-10)9-19-15(18)14-7-13(16)8-17-11(14)2/h3-8H,9,16H2,1-2H3. The molecule has 4 nitrogen and oxygen atoms in total. The number of anilines is 1. The Morgan fingerprint density at radius 2 is 2.11 bits per heavy atom. The van der Waals surface area contributed by atoms with Crippen molar-refractivity contribution in [2.24, 2.45) is 0 Å². The van der Waals surface area contributed by atoms with Crippen LogP contribution < -0.4 is 5.73 Å². The molecule has 1 heterocycles. The molecule has 0 aliphatic carbocycles. The fourth-order valence-corrected chi connectivity index (χ4v) is 1.78. The van der Waals surface area contributed by atoms with Crippen molar-refractivity contribution in [1.29, 1.82) is 0 Å². The number of benzene rings is 1. The summed E-state index contributed by atoms with van der Waals surface area (Å²) in [4.78, 5) is 16.0. The van der Waals surface area contributed by atoms with Gasteiger partial charge in [0.1, 0.15) is 6.61 Å². The second-order valence-electron chi connectivity index (χ2n) is 4.47. The molecule has 0 aliphatic rings. The number of nitrogen functional groups attached to an aromatic ring is 1. The van der Waals surface area contributed by atoms with Crippen LogP contribution in [0.4, 0.5) is 5.69 Å². The first-order chi connectivity index (χ1) is 9.06. The number of carbonyl (C=O) groups excluding carboxylic acids is 1. The lowest BCUT2D eigenvalue weighted by Crippen LogP contribution is -2.09. The lowest BCUT2D eigenvalue weighted by molar-refractivity contribution is 0.0471. The summed E-state index contributed by atoms with van der Waals surface area (Å²) in [7, 11) is 0. The number of pyridine rings is 1. The first-order valence-electron chi connectivity index (χ1n) is 6.01. The molecule has 0 aliphatic heterocycles. The van der Waals surface area contributed by atoms with E-state index in [0.717, 1.165) is 11.1 Å². The van der Waals surface area contributed by atoms with Crippen LogP contribution in [0.25, 0.3) is 0 Å². The molecule has 4 heteroatoms. The average molecular weight is 256 g/mol. The van der Waals surface area contributed by atoms with Crippen molar-refractivity contribution in [1.82, 2.24) is 4.98 Å². The Morgan fingerprint density at radius 1 is 1.32 bits per heavy atom. The van der Waals surface area contributed by atoms with Gasteiger partial charge in [0, 0.05) is 0 Å². The first-order valence-corrected chi connectivity index (χ1v) is 6.01. The number of carbonyl (C=O) groups is 1. The van der Waals surface area contributed by atoms with Gasteiger partial charge in [0.15, 0.2) is 0 Å². The summed E-state index contributed by atoms with van der Waals surface area (Å²) in [6, 6.07) is 9.42. The third-order valence-corrected chi connectivity index (χ3v) is 2.78. The molecule has 0 bridgehead atoms. The highest BCUT2D eigenvalue weighted by molar-refractivity contribution is 5.91. The van der Waals surface area contributed by atoms with Crippen LogP contribution in [-0.2, 0) is 11.3 Å². The summed E-state index contributed by atoms with van der Waals surface area (Å²) in [5.74, 6) is -0.404. The normalized spacial score (nSPS) is 10.2. The first kappa shape index (κ1) is 13.1. The molecule has 19 heavy (non-hydrogen) atoms. The monoisotopic (exact) mass is 256 g/mol. The molecular formula is C15H16N2O2. The third kappa shape index (κ3) is 3.31. The van der Waals surface area contributed by atoms with E-state index in [1.165, 1.54) is 6.20 Å². The molecule has 0 unspecified atom stereocenters. The summed E-state index contributed by atoms with van der Waals surface area (Å²) in [5.41, 5.74) is 9.19. The third-order valence-electron chi connectivity index (χ3n) is 2.78. The van der Waals surface area contributed by atoms with Crippen LogP contribution in [0.15, 0.2) is 36.5 Å². The fourth-order valence-electron chi connectivity index (χ4n) is 1.78. The maximum atomic E-state index is 12.0. The van der Waals surface area contributed by atoms with Crippen molar-refractivity contribution in [3.8, 4) is 0 Å². The van der Waals surface area contributed by atoms with E-state index < -0.39 is 5.97 Å². The molecule has 0 saturated heterocycles. The predicted octanol–water partition coefficient (Wildman–Crippen LogP) is 2.64. The topological polar surface area (TPSA) is 65.2 Å². The van der Waals surface area contributed by atoms with Crippen molar-refractivity contribution < 1.29 is 9.53 Å². The Bertz CT molecular complexity index is 609. The zero-order valence-corrected chi connectivity index (χ0v) is 11.0. The van der Waals surface area contributed by atoms with Gasteiger partial charge in [0.25, 0.3) is 0 Å². The van der Waals surface area contributed by atoms with Gasteiger partial charge >= 0.3 is 5.97 Å². The van der Waals surface area contributed by atoms with Gasteiger partial charge in [-0.2, -0.15) is 0 Å². The summed E-state index contributed by atoms with van der Waals surface area (Å²) in [5, 5.41) is 0. The van der Waals surface area contributed by atoms with Crippen LogP contribution in [0, 0.1) is 13.8 Å². The molecule has 2 aromatic rings. The van der Waals surface area contributed by atoms with E-state index in [-0.39, 0.29) is 6.61 Å². The summed E-state index contributed by atoms with van der Waals surface area (Å²) in [6.45, 7) is 3.99. The van der Waals surface area contributed by atoms with Gasteiger partial charge in [-0.15, -0.1) is 0 Å². The highest BCUT2D eigenvalue weighted by Gasteiger charge is 2.12. The number of ether oxygens (including phenoxy) is 1. The summed E-state index contributed by atoms with van der Waals surface area (Å²) >= 11 is 0. The highest BCUT2D eigenvalue weighted by Crippen LogP contribution is 2.13. The van der Waals surface area contributed by atoms with E-state index >= 15 is 0 Å². The molecule has 0 atom stereocenters. The zero-order chi connectivity index (χ0) is 13.8. The SMILES string of the molecule is Cc1cccc(COC(=O)c2cc(N)cnc2C)c1. The minimum Gasteiger partial charge on any atom is -0.457 e. The Hall–Kier alpha value is -2.36. The Morgan fingerprint density at radius 3 is 2.84 bits per heavy atom. The van der Waals surface area contributed by atoms with Crippen LogP contribution in [-0.4, -0.2) is 11.0 Å². The van der Waals surface area contributed by atoms with Crippen LogP contribution in [0.1, 0.15) is 27.2 Å². The van der Waals surface area contributed by atoms with E-state index in [9.17, 15) is 4.79 Å². The van der Waals surface area contributed by atoms with Gasteiger partial charge in [-0.25, -0.2) is 4.79 Å². The molecule has 0 saturated carbocycles. The summed E-state index contributed by atoms with van der Waals surface area (Å²) in [6.07, 6.45) is 1.52. The molecule has 0 radical (unpaired) electrons. The van der Waals surface area contributed by atoms with Gasteiger partial charge in [-0.05, 0) is 25.5 Å². The van der Waals surface area contributed by atoms with Crippen molar-refractivity contribution in [3.63, 3.8) is 0 Å². The van der Waals surface area contributed by atoms with Crippen LogP contribution in [0.5, 0.6) is 0 Å². The van der Waals surface area contributed by atoms with Gasteiger partial charge in [0.2, 0.25) is 0 Å². The van der Waals surface area contributed by atoms with Crippen LogP contribution in [0.3, 0.4) is 0 Å². The number of aromatic nitrogens is 1. The molecule has 2 rings (SSSR count). The average Bonchev–Trinajstić information content (AvgIpc) is 2.39. The largest absolute Gasteiger partial charge is 0.457 e. The number of rotatable bonds is 3. The van der Waals surface area contributed by atoms with Crippen molar-refractivity contribution in [2.75, 3.05) is 5.73 Å². The smallest absolute Gasteiger partial charge is 0.340 e. The molecular weight excluding hydrogens is 240 g/mol. The number of hydrogen-bond acceptors (Lipinski definition) is 4. The minimum atomic E-state index is -0.404. The fraction of sp³-hybridized carbons (Fsp3) is 0.200. The van der Waals surface area contributed by atoms with E-state index in [0.29, 0.717) is 16.9 Å². The maximum absolute atomic E-state index is 12.0. The van der Waals surface area contributed by atoms with Gasteiger partial charge in [-0.3, -0.25) is 4.98 Å². The van der Waals surface area contributed by atoms with E-state index in [2.05, 4.69) is 4.98 Å². The highest BCUT2D eigenvalue weighted by atomic mass is 16.5.